The Labute approximate surface area is 658 Å². The molecule has 22 rings (SSSR count). The molecule has 0 atom stereocenters. The van der Waals surface area contributed by atoms with E-state index < -0.39 is 103 Å². The average Bonchev–Trinajstić information content (AvgIpc) is 0.699. The predicted octanol–water partition coefficient (Wildman–Crippen LogP) is 30.6. The molecular formula is C108H70. The fourth-order valence-electron chi connectivity index (χ4n) is 15.9. The molecule has 0 spiro atoms. The van der Waals surface area contributed by atoms with Gasteiger partial charge in [-0.05, 0) is 231 Å². The van der Waals surface area contributed by atoms with Crippen molar-refractivity contribution in [2.75, 3.05) is 0 Å². The molecule has 22 aromatic rings. The molecule has 0 aromatic heterocycles. The van der Waals surface area contributed by atoms with Crippen LogP contribution in [0.2, 0.25) is 0 Å². The highest BCUT2D eigenvalue weighted by Crippen LogP contribution is 2.49. The summed E-state index contributed by atoms with van der Waals surface area (Å²) < 4.78 is 192. The summed E-state index contributed by atoms with van der Waals surface area (Å²) in [4.78, 5) is 0. The fraction of sp³-hybridized carbons (Fsp3) is 0. The molecule has 0 heterocycles. The molecule has 0 aliphatic rings. The Morgan fingerprint density at radius 1 is 0.139 bits per heavy atom. The second kappa shape index (κ2) is 27.2. The van der Waals surface area contributed by atoms with Crippen molar-refractivity contribution < 1.29 is 30.2 Å². The SMILES string of the molecule is [2H]c1c([2H])c([2H])c2c(-c3ccc4ccccc4c3)c3c([2H])c([2H])c([2H])c([2H])c3c(-c3ccc4ccccc4c3)c2c1[2H].[2H]c1c([2H])c([2H])c2c([2H])c(-c3c4ccccc4c(-c4c([2H])c([2H])c([2H])c5c([2H])c([2H])c([2H])c([2H])c45)c4ccccc34)c([2H])c([2H])c2c1[2H].c1ccc2cc(-c3c4ccccc4c(-c4ccc(-c5cccc6ccccc56)cc4)c4ccccc34)ccc2c1. The van der Waals surface area contributed by atoms with E-state index in [0.29, 0.717) is 54.9 Å². The Bertz CT molecular complexity index is 8340. The van der Waals surface area contributed by atoms with E-state index in [2.05, 4.69) is 158 Å². The van der Waals surface area contributed by atoms with Gasteiger partial charge in [0.15, 0.2) is 0 Å². The molecule has 0 nitrogen and oxygen atoms in total. The smallest absolute Gasteiger partial charge is 0.0616 e. The lowest BCUT2D eigenvalue weighted by molar-refractivity contribution is 1.63. The van der Waals surface area contributed by atoms with Crippen molar-refractivity contribution >= 4 is 129 Å². The molecule has 0 aliphatic heterocycles. The van der Waals surface area contributed by atoms with E-state index >= 15 is 0 Å². The highest BCUT2D eigenvalue weighted by Gasteiger charge is 2.22. The predicted molar refractivity (Wildman–Crippen MR) is 467 cm³/mol. The Kier molecular flexibility index (Phi) is 11.2. The summed E-state index contributed by atoms with van der Waals surface area (Å²) >= 11 is 0. The summed E-state index contributed by atoms with van der Waals surface area (Å²) in [5.41, 5.74) is 10.1. The van der Waals surface area contributed by atoms with Gasteiger partial charge in [0.25, 0.3) is 0 Å². The zero-order valence-electron chi connectivity index (χ0n) is 79.7. The average molecular weight is 1390 g/mol. The lowest BCUT2D eigenvalue weighted by Crippen LogP contribution is -1.91. The third-order valence-electron chi connectivity index (χ3n) is 20.7. The van der Waals surface area contributed by atoms with Crippen LogP contribution < -0.4 is 0 Å². The molecular weight excluding hydrogens is 1300 g/mol. The Morgan fingerprint density at radius 3 is 0.917 bits per heavy atom. The highest BCUT2D eigenvalue weighted by atomic mass is 14.2. The first-order valence-electron chi connectivity index (χ1n) is 46.6. The summed E-state index contributed by atoms with van der Waals surface area (Å²) in [5, 5.41) is 15.9. The maximum atomic E-state index is 9.27. The van der Waals surface area contributed by atoms with Crippen LogP contribution in [0.15, 0.2) is 424 Å². The lowest BCUT2D eigenvalue weighted by Gasteiger charge is -2.19. The molecule has 0 radical (unpaired) electrons. The second-order valence-electron chi connectivity index (χ2n) is 26.7. The van der Waals surface area contributed by atoms with Gasteiger partial charge in [0.1, 0.15) is 0 Å². The second-order valence-corrected chi connectivity index (χ2v) is 26.7. The molecule has 0 saturated heterocycles. The van der Waals surface area contributed by atoms with Gasteiger partial charge in [0, 0.05) is 0 Å². The third-order valence-corrected chi connectivity index (χ3v) is 20.7. The van der Waals surface area contributed by atoms with Gasteiger partial charge >= 0.3 is 0 Å². The molecule has 502 valence electrons. The Balaban J connectivity index is 0.000000122. The molecule has 22 aromatic carbocycles. The van der Waals surface area contributed by atoms with Gasteiger partial charge in [-0.1, -0.05) is 400 Å². The normalized spacial score (nSPS) is 14.4. The van der Waals surface area contributed by atoms with Crippen molar-refractivity contribution in [3.05, 3.63) is 424 Å². The minimum absolute atomic E-state index is 0.0166. The van der Waals surface area contributed by atoms with Gasteiger partial charge in [-0.15, -0.1) is 0 Å². The van der Waals surface area contributed by atoms with Crippen LogP contribution in [0.4, 0.5) is 0 Å². The summed E-state index contributed by atoms with van der Waals surface area (Å²) in [5.74, 6) is 0. The zero-order valence-corrected chi connectivity index (χ0v) is 57.7. The molecule has 0 N–H and O–H groups in total. The largest absolute Gasteiger partial charge is 0.0636 e. The third kappa shape index (κ3) is 11.3. The van der Waals surface area contributed by atoms with Crippen LogP contribution >= 0.6 is 0 Å². The molecule has 0 amide bonds. The van der Waals surface area contributed by atoms with Gasteiger partial charge in [-0.2, -0.15) is 0 Å². The first-order chi connectivity index (χ1) is 62.7. The van der Waals surface area contributed by atoms with Crippen molar-refractivity contribution in [1.82, 2.24) is 0 Å². The monoisotopic (exact) mass is 1390 g/mol. The van der Waals surface area contributed by atoms with Gasteiger partial charge in [-0.3, -0.25) is 0 Å². The van der Waals surface area contributed by atoms with E-state index in [4.69, 9.17) is 28.8 Å². The highest BCUT2D eigenvalue weighted by molar-refractivity contribution is 6.26. The van der Waals surface area contributed by atoms with Crippen LogP contribution in [0, 0.1) is 0 Å². The number of benzene rings is 22. The first-order valence-corrected chi connectivity index (χ1v) is 35.6. The molecule has 0 fully saturated rings. The van der Waals surface area contributed by atoms with Gasteiger partial charge in [-0.25, -0.2) is 0 Å². The number of hydrogen-bond donors (Lipinski definition) is 0. The van der Waals surface area contributed by atoms with E-state index in [1.54, 1.807) is 48.5 Å². The molecule has 108 heavy (non-hydrogen) atoms. The van der Waals surface area contributed by atoms with Crippen LogP contribution in [0.5, 0.6) is 0 Å². The van der Waals surface area contributed by atoms with Crippen molar-refractivity contribution in [1.29, 1.82) is 0 Å². The van der Waals surface area contributed by atoms with Crippen LogP contribution in [0.25, 0.3) is 207 Å². The van der Waals surface area contributed by atoms with Gasteiger partial charge in [0.2, 0.25) is 0 Å². The van der Waals surface area contributed by atoms with E-state index in [-0.39, 0.29) is 84.4 Å². The molecule has 0 saturated carbocycles. The van der Waals surface area contributed by atoms with Crippen LogP contribution in [-0.4, -0.2) is 0 Å². The molecule has 0 aliphatic carbocycles. The summed E-state index contributed by atoms with van der Waals surface area (Å²) in [6, 6.07) is 88.4. The minimum Gasteiger partial charge on any atom is -0.0616 e. The van der Waals surface area contributed by atoms with Crippen LogP contribution in [-0.2, 0) is 0 Å². The van der Waals surface area contributed by atoms with Crippen LogP contribution in [0.3, 0.4) is 0 Å². The maximum Gasteiger partial charge on any atom is 0.0636 e. The van der Waals surface area contributed by atoms with E-state index in [1.165, 1.54) is 76.5 Å². The van der Waals surface area contributed by atoms with Crippen molar-refractivity contribution in [2.45, 2.75) is 0 Å². The molecule has 0 bridgehead atoms. The lowest BCUT2D eigenvalue weighted by atomic mass is 9.84. The maximum absolute atomic E-state index is 9.27. The van der Waals surface area contributed by atoms with Crippen molar-refractivity contribution in [3.63, 3.8) is 0 Å². The molecule has 0 heteroatoms. The van der Waals surface area contributed by atoms with Crippen molar-refractivity contribution in [3.8, 4) is 77.9 Å². The summed E-state index contributed by atoms with van der Waals surface area (Å²) in [7, 11) is 0. The quantitative estimate of drug-likeness (QED) is 0.140. The number of hydrogen-bond acceptors (Lipinski definition) is 0. The van der Waals surface area contributed by atoms with Gasteiger partial charge in [0.05, 0.1) is 30.2 Å². The Morgan fingerprint density at radius 2 is 0.454 bits per heavy atom. The standard InChI is InChI=1S/C40H26.2C34H22/c1-2-12-31-26-32(25-20-27(31)10-1)40-37-17-7-5-15-35(37)39(36-16-6-8-18-38(36)40)30-23-21-29(22-24-30)34-19-9-13-28-11-3-4-14-33(28)34;1-3-11-25-21-27(19-17-23(25)9-1)33-29-13-5-7-15-31(29)34(32-16-8-6-14-30(32)33)28-20-18-24-10-2-4-12-26(24)22-28;1-2-12-25-22-26(21-20-23(25)10-1)33-29-15-5-7-17-31(29)34(32-18-8-6-16-30(32)33)28-19-9-13-24-11-3-4-14-27(24)28/h1-26H;2*1-22H/i;5D,6D,7D,8D,13D,14D,15D,16D;1D,2D,3D,4D,9D,10D,11D,12D,13D,14D,19D,20D,21D,22D. The number of rotatable bonds is 7. The van der Waals surface area contributed by atoms with Crippen LogP contribution in [0.1, 0.15) is 30.2 Å². The first kappa shape index (κ1) is 44.6. The van der Waals surface area contributed by atoms with E-state index in [0.717, 1.165) is 21.5 Å². The van der Waals surface area contributed by atoms with E-state index in [1.807, 2.05) is 84.9 Å². The fourth-order valence-corrected chi connectivity index (χ4v) is 15.9. The van der Waals surface area contributed by atoms with Crippen molar-refractivity contribution in [2.24, 2.45) is 0 Å². The summed E-state index contributed by atoms with van der Waals surface area (Å²) in [6.45, 7) is 0. The Hall–Kier alpha value is -14.0. The topological polar surface area (TPSA) is 0 Å². The van der Waals surface area contributed by atoms with Gasteiger partial charge < -0.3 is 0 Å². The van der Waals surface area contributed by atoms with E-state index in [9.17, 15) is 1.37 Å². The summed E-state index contributed by atoms with van der Waals surface area (Å²) in [6.07, 6.45) is 0. The zero-order chi connectivity index (χ0) is 90.6. The number of fused-ring (bicyclic) bond motifs is 12. The molecule has 0 unspecified atom stereocenters. The minimum atomic E-state index is -0.573.